The highest BCUT2D eigenvalue weighted by atomic mass is 16.5. The Balaban J connectivity index is 2.02. The average Bonchev–Trinajstić information content (AvgIpc) is 2.63. The predicted octanol–water partition coefficient (Wildman–Crippen LogP) is 1.80. The van der Waals surface area contributed by atoms with Gasteiger partial charge in [0.1, 0.15) is 0 Å². The number of benzene rings is 1. The molecule has 3 aromatic rings. The summed E-state index contributed by atoms with van der Waals surface area (Å²) in [5.74, 6) is -0.0390. The molecule has 0 aliphatic heterocycles. The number of aromatic nitrogens is 2. The van der Waals surface area contributed by atoms with Gasteiger partial charge in [0.15, 0.2) is 5.65 Å². The number of pyridine rings is 2. The first-order valence-electron chi connectivity index (χ1n) is 7.72. The lowest BCUT2D eigenvalue weighted by molar-refractivity contribution is -0.126. The van der Waals surface area contributed by atoms with Gasteiger partial charge in [-0.3, -0.25) is 9.59 Å². The fourth-order valence-electron chi connectivity index (χ4n) is 2.51. The molecule has 0 fully saturated rings. The van der Waals surface area contributed by atoms with Crippen LogP contribution in [0.3, 0.4) is 0 Å². The normalized spacial score (nSPS) is 10.6. The molecule has 0 aliphatic carbocycles. The molecule has 0 saturated carbocycles. The molecule has 128 valence electrons. The van der Waals surface area contributed by atoms with Gasteiger partial charge in [0.25, 0.3) is 5.56 Å². The minimum Gasteiger partial charge on any atom is -0.423 e. The van der Waals surface area contributed by atoms with E-state index in [0.717, 1.165) is 11.3 Å². The number of anilines is 1. The second kappa shape index (κ2) is 6.64. The number of nitrogens with zero attached hydrogens (tertiary/aromatic N) is 3. The van der Waals surface area contributed by atoms with E-state index in [-0.39, 0.29) is 18.1 Å². The number of hydrogen-bond acceptors (Lipinski definition) is 5. The minimum absolute atomic E-state index is 0.0390. The second-order valence-electron chi connectivity index (χ2n) is 5.81. The zero-order chi connectivity index (χ0) is 18.0. The van der Waals surface area contributed by atoms with Crippen molar-refractivity contribution in [3.8, 4) is 11.1 Å². The van der Waals surface area contributed by atoms with Crippen molar-refractivity contribution < 1.29 is 10.0 Å². The van der Waals surface area contributed by atoms with Gasteiger partial charge in [-0.2, -0.15) is 0 Å². The summed E-state index contributed by atoms with van der Waals surface area (Å²) in [6, 6.07) is 12.3. The van der Waals surface area contributed by atoms with Gasteiger partial charge in [-0.1, -0.05) is 12.1 Å². The molecule has 25 heavy (non-hydrogen) atoms. The van der Waals surface area contributed by atoms with Crippen LogP contribution >= 0.6 is 0 Å². The molecule has 1 amide bonds. The Bertz CT molecular complexity index is 995. The van der Waals surface area contributed by atoms with Crippen LogP contribution < -0.4 is 10.9 Å². The highest BCUT2D eigenvalue weighted by Crippen LogP contribution is 2.27. The molecule has 2 aromatic heterocycles. The Morgan fingerprint density at radius 2 is 2.04 bits per heavy atom. The Morgan fingerprint density at radius 3 is 2.80 bits per heavy atom. The van der Waals surface area contributed by atoms with Crippen molar-refractivity contribution in [1.82, 2.24) is 14.6 Å². The summed E-state index contributed by atoms with van der Waals surface area (Å²) in [7, 11) is 3.40. The molecule has 7 heteroatoms. The lowest BCUT2D eigenvalue weighted by Gasteiger charge is -2.13. The van der Waals surface area contributed by atoms with Crippen LogP contribution in [0.2, 0.25) is 0 Å². The van der Waals surface area contributed by atoms with E-state index in [1.807, 2.05) is 24.3 Å². The highest BCUT2D eigenvalue weighted by molar-refractivity contribution is 5.93. The standard InChI is InChI=1S/C18H18N4O3/c1-21(2)17(24)11-20-13-6-3-5-12(9-13)15-10-16(23)22(25)18-14(15)7-4-8-19-18/h3-10,20,25H,11H2,1-2H3. The maximum absolute atomic E-state index is 12.0. The van der Waals surface area contributed by atoms with Gasteiger partial charge in [-0.25, -0.2) is 4.98 Å². The second-order valence-corrected chi connectivity index (χ2v) is 5.81. The van der Waals surface area contributed by atoms with Crippen LogP contribution in [-0.4, -0.2) is 46.4 Å². The van der Waals surface area contributed by atoms with Crippen LogP contribution in [0.1, 0.15) is 0 Å². The van der Waals surface area contributed by atoms with Crippen molar-refractivity contribution in [3.63, 3.8) is 0 Å². The smallest absolute Gasteiger partial charge is 0.285 e. The number of likely N-dealkylation sites (N-methyl/N-ethyl adjacent to an activating group) is 1. The molecule has 0 bridgehead atoms. The summed E-state index contributed by atoms with van der Waals surface area (Å²) in [5.41, 5.74) is 1.87. The molecule has 1 aromatic carbocycles. The number of nitrogens with one attached hydrogen (secondary N) is 1. The van der Waals surface area contributed by atoms with Crippen molar-refractivity contribution >= 4 is 22.6 Å². The molecule has 7 nitrogen and oxygen atoms in total. The van der Waals surface area contributed by atoms with E-state index in [2.05, 4.69) is 10.3 Å². The predicted molar refractivity (Wildman–Crippen MR) is 95.8 cm³/mol. The van der Waals surface area contributed by atoms with Crippen molar-refractivity contribution in [3.05, 3.63) is 59.0 Å². The Kier molecular flexibility index (Phi) is 4.38. The summed E-state index contributed by atoms with van der Waals surface area (Å²) < 4.78 is 0.538. The lowest BCUT2D eigenvalue weighted by Crippen LogP contribution is -2.28. The SMILES string of the molecule is CN(C)C(=O)CNc1cccc(-c2cc(=O)n(O)c3ncccc23)c1. The van der Waals surface area contributed by atoms with Crippen LogP contribution in [0.5, 0.6) is 0 Å². The molecular weight excluding hydrogens is 320 g/mol. The molecule has 0 unspecified atom stereocenters. The van der Waals surface area contributed by atoms with Crippen molar-refractivity contribution in [1.29, 1.82) is 0 Å². The monoisotopic (exact) mass is 338 g/mol. The Morgan fingerprint density at radius 1 is 1.24 bits per heavy atom. The first-order chi connectivity index (χ1) is 12.0. The van der Waals surface area contributed by atoms with E-state index >= 15 is 0 Å². The largest absolute Gasteiger partial charge is 0.423 e. The fraction of sp³-hybridized carbons (Fsp3) is 0.167. The number of fused-ring (bicyclic) bond motifs is 1. The van der Waals surface area contributed by atoms with E-state index < -0.39 is 5.56 Å². The molecule has 0 saturated heterocycles. The molecule has 3 rings (SSSR count). The number of carbonyl (C=O) groups excluding carboxylic acids is 1. The molecule has 0 aliphatic rings. The summed E-state index contributed by atoms with van der Waals surface area (Å²) in [6.45, 7) is 0.178. The van der Waals surface area contributed by atoms with Crippen molar-refractivity contribution in [2.24, 2.45) is 0 Å². The summed E-state index contributed by atoms with van der Waals surface area (Å²) in [6.07, 6.45) is 1.52. The van der Waals surface area contributed by atoms with Gasteiger partial charge in [0.2, 0.25) is 5.91 Å². The number of amides is 1. The number of rotatable bonds is 4. The van der Waals surface area contributed by atoms with Crippen LogP contribution in [0.4, 0.5) is 5.69 Å². The molecule has 2 N–H and O–H groups in total. The Labute approximate surface area is 144 Å². The molecule has 0 spiro atoms. The highest BCUT2D eigenvalue weighted by Gasteiger charge is 2.11. The third-order valence-electron chi connectivity index (χ3n) is 3.87. The maximum Gasteiger partial charge on any atom is 0.285 e. The van der Waals surface area contributed by atoms with E-state index in [4.69, 9.17) is 0 Å². The van der Waals surface area contributed by atoms with E-state index in [0.29, 0.717) is 15.7 Å². The summed E-state index contributed by atoms with van der Waals surface area (Å²) in [4.78, 5) is 29.3. The maximum atomic E-state index is 12.0. The van der Waals surface area contributed by atoms with Gasteiger partial charge < -0.3 is 15.4 Å². The third-order valence-corrected chi connectivity index (χ3v) is 3.87. The zero-order valence-electron chi connectivity index (χ0n) is 13.9. The number of carbonyl (C=O) groups is 1. The molecule has 0 atom stereocenters. The van der Waals surface area contributed by atoms with Crippen LogP contribution in [0, 0.1) is 0 Å². The van der Waals surface area contributed by atoms with Gasteiger partial charge in [0.05, 0.1) is 6.54 Å². The van der Waals surface area contributed by atoms with Crippen LogP contribution in [0.25, 0.3) is 22.2 Å². The topological polar surface area (TPSA) is 87.5 Å². The minimum atomic E-state index is -0.553. The van der Waals surface area contributed by atoms with Crippen molar-refractivity contribution in [2.75, 3.05) is 26.0 Å². The van der Waals surface area contributed by atoms with Gasteiger partial charge >= 0.3 is 0 Å². The van der Waals surface area contributed by atoms with Crippen molar-refractivity contribution in [2.45, 2.75) is 0 Å². The lowest BCUT2D eigenvalue weighted by atomic mass is 10.0. The summed E-state index contributed by atoms with van der Waals surface area (Å²) in [5, 5.41) is 13.6. The van der Waals surface area contributed by atoms with Gasteiger partial charge in [-0.05, 0) is 35.4 Å². The zero-order valence-corrected chi connectivity index (χ0v) is 13.9. The number of hydrogen-bond donors (Lipinski definition) is 2. The molecular formula is C18H18N4O3. The average molecular weight is 338 g/mol. The summed E-state index contributed by atoms with van der Waals surface area (Å²) >= 11 is 0. The van der Waals surface area contributed by atoms with Crippen LogP contribution in [0.15, 0.2) is 53.5 Å². The first-order valence-corrected chi connectivity index (χ1v) is 7.72. The third kappa shape index (κ3) is 3.30. The van der Waals surface area contributed by atoms with E-state index in [9.17, 15) is 14.8 Å². The van der Waals surface area contributed by atoms with E-state index in [1.165, 1.54) is 17.2 Å². The fourth-order valence-corrected chi connectivity index (χ4v) is 2.51. The van der Waals surface area contributed by atoms with Gasteiger partial charge in [0, 0.05) is 37.4 Å². The molecule has 2 heterocycles. The quantitative estimate of drug-likeness (QED) is 0.708. The molecule has 0 radical (unpaired) electrons. The van der Waals surface area contributed by atoms with Gasteiger partial charge in [-0.15, -0.1) is 4.73 Å². The van der Waals surface area contributed by atoms with Crippen LogP contribution in [-0.2, 0) is 4.79 Å². The first kappa shape index (κ1) is 16.5. The Hall–Kier alpha value is -3.35. The van der Waals surface area contributed by atoms with E-state index in [1.54, 1.807) is 26.2 Å².